The second kappa shape index (κ2) is 5.71. The molecule has 1 aromatic carbocycles. The summed E-state index contributed by atoms with van der Waals surface area (Å²) in [7, 11) is 1.30. The minimum Gasteiger partial charge on any atom is -0.479 e. The Balaban J connectivity index is 1.98. The van der Waals surface area contributed by atoms with Crippen molar-refractivity contribution in [3.63, 3.8) is 0 Å². The first-order valence-electron chi connectivity index (χ1n) is 6.02. The third kappa shape index (κ3) is 3.03. The van der Waals surface area contributed by atoms with Crippen molar-refractivity contribution in [1.29, 1.82) is 0 Å². The summed E-state index contributed by atoms with van der Waals surface area (Å²) >= 11 is 0. The molecule has 1 aromatic rings. The molecule has 6 heteroatoms. The van der Waals surface area contributed by atoms with Crippen LogP contribution in [0.1, 0.15) is 15.9 Å². The Morgan fingerprint density at radius 1 is 1.53 bits per heavy atom. The van der Waals surface area contributed by atoms with Crippen LogP contribution in [0, 0.1) is 0 Å². The number of carbonyl (C=O) groups excluding carboxylic acids is 1. The van der Waals surface area contributed by atoms with Crippen LogP contribution in [-0.4, -0.2) is 43.3 Å². The Kier molecular flexibility index (Phi) is 4.01. The van der Waals surface area contributed by atoms with Crippen LogP contribution in [0.4, 0.5) is 5.69 Å². The standard InChI is InChI=1S/C13H16N2O4/c1-19-11(13(17)18)7-15-12(16)9-2-3-10-8(6-9)4-5-14-10/h2-3,6,11,14H,4-5,7H2,1H3,(H,15,16)(H,17,18). The van der Waals surface area contributed by atoms with Crippen LogP contribution in [0.3, 0.4) is 0 Å². The highest BCUT2D eigenvalue weighted by molar-refractivity contribution is 5.95. The van der Waals surface area contributed by atoms with Crippen LogP contribution in [0.15, 0.2) is 18.2 Å². The lowest BCUT2D eigenvalue weighted by Gasteiger charge is -2.12. The van der Waals surface area contributed by atoms with Crippen molar-refractivity contribution in [3.05, 3.63) is 29.3 Å². The van der Waals surface area contributed by atoms with Crippen molar-refractivity contribution < 1.29 is 19.4 Å². The van der Waals surface area contributed by atoms with E-state index in [-0.39, 0.29) is 12.5 Å². The van der Waals surface area contributed by atoms with E-state index in [9.17, 15) is 9.59 Å². The fourth-order valence-corrected chi connectivity index (χ4v) is 2.01. The molecule has 1 amide bonds. The van der Waals surface area contributed by atoms with Crippen LogP contribution in [0.25, 0.3) is 0 Å². The molecule has 19 heavy (non-hydrogen) atoms. The first kappa shape index (κ1) is 13.4. The summed E-state index contributed by atoms with van der Waals surface area (Å²) in [5.74, 6) is -1.39. The second-order valence-electron chi connectivity index (χ2n) is 4.32. The number of carboxylic acids is 1. The molecule has 0 aromatic heterocycles. The number of amides is 1. The van der Waals surface area contributed by atoms with Gasteiger partial charge in [-0.15, -0.1) is 0 Å². The quantitative estimate of drug-likeness (QED) is 0.720. The number of fused-ring (bicyclic) bond motifs is 1. The average molecular weight is 264 g/mol. The van der Waals surface area contributed by atoms with Gasteiger partial charge in [-0.2, -0.15) is 0 Å². The number of ether oxygens (including phenoxy) is 1. The van der Waals surface area contributed by atoms with Gasteiger partial charge < -0.3 is 20.5 Å². The van der Waals surface area contributed by atoms with Gasteiger partial charge in [0.05, 0.1) is 6.54 Å². The molecular weight excluding hydrogens is 248 g/mol. The maximum atomic E-state index is 11.9. The molecule has 0 fully saturated rings. The van der Waals surface area contributed by atoms with Crippen LogP contribution in [0.5, 0.6) is 0 Å². The van der Waals surface area contributed by atoms with E-state index in [1.165, 1.54) is 7.11 Å². The Labute approximate surface area is 110 Å². The van der Waals surface area contributed by atoms with Gasteiger partial charge in [0.1, 0.15) is 0 Å². The van der Waals surface area contributed by atoms with Gasteiger partial charge in [0, 0.05) is 24.9 Å². The molecular formula is C13H16N2O4. The number of hydrogen-bond donors (Lipinski definition) is 3. The summed E-state index contributed by atoms with van der Waals surface area (Å²) in [6.45, 7) is 0.825. The third-order valence-corrected chi connectivity index (χ3v) is 3.09. The first-order valence-corrected chi connectivity index (χ1v) is 6.02. The predicted octanol–water partition coefficient (Wildman–Crippen LogP) is 0.484. The van der Waals surface area contributed by atoms with Gasteiger partial charge in [0.2, 0.25) is 0 Å². The van der Waals surface area contributed by atoms with E-state index in [2.05, 4.69) is 10.6 Å². The molecule has 102 valence electrons. The minimum atomic E-state index is -1.10. The molecule has 0 saturated carbocycles. The number of nitrogens with one attached hydrogen (secondary N) is 2. The van der Waals surface area contributed by atoms with Crippen molar-refractivity contribution in [3.8, 4) is 0 Å². The zero-order valence-electron chi connectivity index (χ0n) is 10.6. The largest absolute Gasteiger partial charge is 0.479 e. The summed E-state index contributed by atoms with van der Waals surface area (Å²) in [4.78, 5) is 22.7. The van der Waals surface area contributed by atoms with E-state index in [0.717, 1.165) is 24.2 Å². The molecule has 0 spiro atoms. The van der Waals surface area contributed by atoms with E-state index in [0.29, 0.717) is 5.56 Å². The van der Waals surface area contributed by atoms with E-state index in [4.69, 9.17) is 9.84 Å². The van der Waals surface area contributed by atoms with Crippen molar-refractivity contribution in [2.75, 3.05) is 25.5 Å². The number of aliphatic carboxylic acids is 1. The molecule has 0 bridgehead atoms. The number of hydrogen-bond acceptors (Lipinski definition) is 4. The van der Waals surface area contributed by atoms with E-state index >= 15 is 0 Å². The van der Waals surface area contributed by atoms with Gasteiger partial charge in [-0.05, 0) is 30.2 Å². The van der Waals surface area contributed by atoms with Gasteiger partial charge in [-0.3, -0.25) is 4.79 Å². The first-order chi connectivity index (χ1) is 9.11. The van der Waals surface area contributed by atoms with Crippen LogP contribution in [-0.2, 0) is 16.0 Å². The molecule has 6 nitrogen and oxygen atoms in total. The van der Waals surface area contributed by atoms with Crippen LogP contribution < -0.4 is 10.6 Å². The van der Waals surface area contributed by atoms with Gasteiger partial charge in [-0.25, -0.2) is 4.79 Å². The number of anilines is 1. The topological polar surface area (TPSA) is 87.7 Å². The third-order valence-electron chi connectivity index (χ3n) is 3.09. The highest BCUT2D eigenvalue weighted by Gasteiger charge is 2.18. The molecule has 1 atom stereocenters. The van der Waals surface area contributed by atoms with Gasteiger partial charge >= 0.3 is 5.97 Å². The summed E-state index contributed by atoms with van der Waals surface area (Å²) in [5.41, 5.74) is 2.69. The van der Waals surface area contributed by atoms with Crippen molar-refractivity contribution in [2.45, 2.75) is 12.5 Å². The maximum absolute atomic E-state index is 11.9. The molecule has 1 aliphatic heterocycles. The van der Waals surface area contributed by atoms with Crippen LogP contribution in [0.2, 0.25) is 0 Å². The molecule has 1 aliphatic rings. The molecule has 1 unspecified atom stereocenters. The van der Waals surface area contributed by atoms with Crippen LogP contribution >= 0.6 is 0 Å². The predicted molar refractivity (Wildman–Crippen MR) is 69.4 cm³/mol. The number of rotatable bonds is 5. The molecule has 3 N–H and O–H groups in total. The van der Waals surface area contributed by atoms with Crippen molar-refractivity contribution in [2.24, 2.45) is 0 Å². The lowest BCUT2D eigenvalue weighted by Crippen LogP contribution is -2.37. The smallest absolute Gasteiger partial charge is 0.334 e. The number of carbonyl (C=O) groups is 2. The molecule has 0 radical (unpaired) electrons. The van der Waals surface area contributed by atoms with Crippen molar-refractivity contribution in [1.82, 2.24) is 5.32 Å². The monoisotopic (exact) mass is 264 g/mol. The normalized spacial score (nSPS) is 14.4. The Morgan fingerprint density at radius 3 is 3.00 bits per heavy atom. The Bertz CT molecular complexity index is 501. The Hall–Kier alpha value is -2.08. The summed E-state index contributed by atoms with van der Waals surface area (Å²) in [6, 6.07) is 5.41. The lowest BCUT2D eigenvalue weighted by atomic mass is 10.1. The van der Waals surface area contributed by atoms with Crippen molar-refractivity contribution >= 4 is 17.6 Å². The SMILES string of the molecule is COC(CNC(=O)c1ccc2c(c1)CCN2)C(=O)O. The van der Waals surface area contributed by atoms with Gasteiger partial charge in [0.15, 0.2) is 6.10 Å². The van der Waals surface area contributed by atoms with E-state index in [1.807, 2.05) is 12.1 Å². The molecule has 0 aliphatic carbocycles. The van der Waals surface area contributed by atoms with E-state index < -0.39 is 12.1 Å². The zero-order valence-corrected chi connectivity index (χ0v) is 10.6. The molecule has 2 rings (SSSR count). The average Bonchev–Trinajstić information content (AvgIpc) is 2.85. The number of methoxy groups -OCH3 is 1. The summed E-state index contributed by atoms with van der Waals surface area (Å²) < 4.78 is 4.75. The minimum absolute atomic E-state index is 0.0556. The number of benzene rings is 1. The summed E-state index contributed by atoms with van der Waals surface area (Å²) in [5, 5.41) is 14.6. The maximum Gasteiger partial charge on any atom is 0.334 e. The fraction of sp³-hybridized carbons (Fsp3) is 0.385. The highest BCUT2D eigenvalue weighted by atomic mass is 16.5. The number of carboxylic acid groups (broad SMARTS) is 1. The highest BCUT2D eigenvalue weighted by Crippen LogP contribution is 2.22. The zero-order chi connectivity index (χ0) is 13.8. The Morgan fingerprint density at radius 2 is 2.32 bits per heavy atom. The lowest BCUT2D eigenvalue weighted by molar-refractivity contribution is -0.148. The fourth-order valence-electron chi connectivity index (χ4n) is 2.01. The summed E-state index contributed by atoms with van der Waals surface area (Å²) in [6.07, 6.45) is -0.133. The van der Waals surface area contributed by atoms with E-state index in [1.54, 1.807) is 6.07 Å². The van der Waals surface area contributed by atoms with Gasteiger partial charge in [0.25, 0.3) is 5.91 Å². The van der Waals surface area contributed by atoms with Gasteiger partial charge in [-0.1, -0.05) is 0 Å². The molecule has 0 saturated heterocycles. The second-order valence-corrected chi connectivity index (χ2v) is 4.32. The molecule has 1 heterocycles.